The molecule has 0 bridgehead atoms. The van der Waals surface area contributed by atoms with Gasteiger partial charge in [0.2, 0.25) is 0 Å². The Balaban J connectivity index is 1.69. The predicted molar refractivity (Wildman–Crippen MR) is 120 cm³/mol. The van der Waals surface area contributed by atoms with Crippen molar-refractivity contribution in [3.8, 4) is 11.5 Å². The zero-order chi connectivity index (χ0) is 20.3. The summed E-state index contributed by atoms with van der Waals surface area (Å²) in [5.74, 6) is 1.06. The van der Waals surface area contributed by atoms with E-state index in [9.17, 15) is 4.79 Å². The third-order valence-electron chi connectivity index (χ3n) is 3.93. The maximum Gasteiger partial charge on any atom is 0.265 e. The SMILES string of the molecule is Cc1ccc(OCCOc2cc(Cl)ccc2Cl)c(C=C2SC(=S)N(C)C2=O)c1. The van der Waals surface area contributed by atoms with E-state index in [1.807, 2.05) is 25.1 Å². The largest absolute Gasteiger partial charge is 0.489 e. The van der Waals surface area contributed by atoms with Gasteiger partial charge in [-0.05, 0) is 37.3 Å². The zero-order valence-electron chi connectivity index (χ0n) is 15.2. The molecule has 1 heterocycles. The van der Waals surface area contributed by atoms with Gasteiger partial charge in [0.05, 0.1) is 9.93 Å². The van der Waals surface area contributed by atoms with Crippen LogP contribution >= 0.6 is 47.2 Å². The molecule has 28 heavy (non-hydrogen) atoms. The molecule has 3 rings (SSSR count). The minimum Gasteiger partial charge on any atom is -0.489 e. The molecule has 0 aliphatic carbocycles. The van der Waals surface area contributed by atoms with E-state index in [-0.39, 0.29) is 5.91 Å². The van der Waals surface area contributed by atoms with Gasteiger partial charge in [0, 0.05) is 23.7 Å². The van der Waals surface area contributed by atoms with Crippen LogP contribution in [0.15, 0.2) is 41.3 Å². The van der Waals surface area contributed by atoms with Gasteiger partial charge >= 0.3 is 0 Å². The van der Waals surface area contributed by atoms with Gasteiger partial charge in [-0.1, -0.05) is 58.8 Å². The number of carbonyl (C=O) groups excluding carboxylic acids is 1. The molecule has 2 aromatic carbocycles. The lowest BCUT2D eigenvalue weighted by Crippen LogP contribution is -2.22. The van der Waals surface area contributed by atoms with Crippen molar-refractivity contribution in [1.82, 2.24) is 4.90 Å². The summed E-state index contributed by atoms with van der Waals surface area (Å²) >= 11 is 18.5. The molecule has 0 unspecified atom stereocenters. The van der Waals surface area contributed by atoms with Crippen molar-refractivity contribution in [2.45, 2.75) is 6.92 Å². The number of amides is 1. The lowest BCUT2D eigenvalue weighted by Gasteiger charge is -2.12. The van der Waals surface area contributed by atoms with E-state index in [0.29, 0.717) is 44.0 Å². The molecule has 0 saturated carbocycles. The molecule has 0 atom stereocenters. The minimum absolute atomic E-state index is 0.110. The second kappa shape index (κ2) is 9.18. The summed E-state index contributed by atoms with van der Waals surface area (Å²) < 4.78 is 12.1. The average Bonchev–Trinajstić information content (AvgIpc) is 2.89. The van der Waals surface area contributed by atoms with Crippen molar-refractivity contribution in [2.24, 2.45) is 0 Å². The average molecular weight is 454 g/mol. The van der Waals surface area contributed by atoms with Crippen LogP contribution in [0.4, 0.5) is 0 Å². The molecule has 1 amide bonds. The Morgan fingerprint density at radius 3 is 2.50 bits per heavy atom. The van der Waals surface area contributed by atoms with E-state index in [1.54, 1.807) is 31.3 Å². The van der Waals surface area contributed by atoms with Crippen LogP contribution in [-0.2, 0) is 4.79 Å². The Kier molecular flexibility index (Phi) is 6.88. The monoisotopic (exact) mass is 453 g/mol. The van der Waals surface area contributed by atoms with Crippen LogP contribution in [0.1, 0.15) is 11.1 Å². The summed E-state index contributed by atoms with van der Waals surface area (Å²) in [6.07, 6.45) is 1.81. The van der Waals surface area contributed by atoms with Crippen LogP contribution < -0.4 is 9.47 Å². The maximum atomic E-state index is 12.3. The predicted octanol–water partition coefficient (Wildman–Crippen LogP) is 5.59. The number of likely N-dealkylation sites (N-methyl/N-ethyl adjacent to an activating group) is 1. The molecule has 146 valence electrons. The molecular weight excluding hydrogens is 437 g/mol. The summed E-state index contributed by atoms with van der Waals surface area (Å²) in [5.41, 5.74) is 1.88. The van der Waals surface area contributed by atoms with Crippen LogP contribution in [-0.4, -0.2) is 35.4 Å². The fourth-order valence-electron chi connectivity index (χ4n) is 2.49. The van der Waals surface area contributed by atoms with E-state index in [0.717, 1.165) is 11.1 Å². The van der Waals surface area contributed by atoms with Crippen LogP contribution in [0.2, 0.25) is 10.0 Å². The fourth-order valence-corrected chi connectivity index (χ4v) is 3.99. The zero-order valence-corrected chi connectivity index (χ0v) is 18.3. The van der Waals surface area contributed by atoms with E-state index < -0.39 is 0 Å². The highest BCUT2D eigenvalue weighted by molar-refractivity contribution is 8.26. The van der Waals surface area contributed by atoms with E-state index in [2.05, 4.69) is 0 Å². The first-order valence-electron chi connectivity index (χ1n) is 8.38. The Morgan fingerprint density at radius 2 is 1.82 bits per heavy atom. The summed E-state index contributed by atoms with van der Waals surface area (Å²) in [4.78, 5) is 14.3. The van der Waals surface area contributed by atoms with Crippen LogP contribution in [0.3, 0.4) is 0 Å². The Bertz CT molecular complexity index is 962. The van der Waals surface area contributed by atoms with Gasteiger partial charge in [0.1, 0.15) is 29.0 Å². The van der Waals surface area contributed by atoms with Crippen molar-refractivity contribution >= 4 is 63.5 Å². The number of benzene rings is 2. The van der Waals surface area contributed by atoms with Crippen molar-refractivity contribution in [3.05, 3.63) is 62.5 Å². The molecule has 1 saturated heterocycles. The van der Waals surface area contributed by atoms with Crippen molar-refractivity contribution < 1.29 is 14.3 Å². The standard InChI is InChI=1S/C20H17Cl2NO3S2/c1-12-3-6-16(13(9-12)10-18-19(24)23(2)20(27)28-18)25-7-8-26-17-11-14(21)4-5-15(17)22/h3-6,9-11H,7-8H2,1-2H3. The summed E-state index contributed by atoms with van der Waals surface area (Å²) in [6.45, 7) is 2.59. The lowest BCUT2D eigenvalue weighted by molar-refractivity contribution is -0.121. The highest BCUT2D eigenvalue weighted by atomic mass is 35.5. The molecule has 4 nitrogen and oxygen atoms in total. The number of hydrogen-bond acceptors (Lipinski definition) is 5. The van der Waals surface area contributed by atoms with Gasteiger partial charge < -0.3 is 9.47 Å². The maximum absolute atomic E-state index is 12.3. The number of nitrogens with zero attached hydrogens (tertiary/aromatic N) is 1. The quantitative estimate of drug-likeness (QED) is 0.323. The number of ether oxygens (including phenoxy) is 2. The van der Waals surface area contributed by atoms with E-state index in [1.165, 1.54) is 16.7 Å². The van der Waals surface area contributed by atoms with Gasteiger partial charge in [0.15, 0.2) is 0 Å². The van der Waals surface area contributed by atoms with Crippen molar-refractivity contribution in [1.29, 1.82) is 0 Å². The minimum atomic E-state index is -0.110. The first-order valence-corrected chi connectivity index (χ1v) is 10.4. The smallest absolute Gasteiger partial charge is 0.265 e. The van der Waals surface area contributed by atoms with Gasteiger partial charge in [0.25, 0.3) is 5.91 Å². The highest BCUT2D eigenvalue weighted by Crippen LogP contribution is 2.33. The molecule has 1 aliphatic heterocycles. The first kappa shape index (κ1) is 21.0. The molecule has 0 aromatic heterocycles. The van der Waals surface area contributed by atoms with Crippen LogP contribution in [0.5, 0.6) is 11.5 Å². The summed E-state index contributed by atoms with van der Waals surface area (Å²) in [6, 6.07) is 10.8. The molecule has 0 N–H and O–H groups in total. The third-order valence-corrected chi connectivity index (χ3v) is 5.96. The highest BCUT2D eigenvalue weighted by Gasteiger charge is 2.28. The number of aryl methyl sites for hydroxylation is 1. The van der Waals surface area contributed by atoms with Gasteiger partial charge in [-0.25, -0.2) is 0 Å². The fraction of sp³-hybridized carbons (Fsp3) is 0.200. The second-order valence-corrected chi connectivity index (χ2v) is 8.57. The molecule has 1 fully saturated rings. The lowest BCUT2D eigenvalue weighted by atomic mass is 10.1. The molecule has 8 heteroatoms. The molecule has 0 radical (unpaired) electrons. The van der Waals surface area contributed by atoms with E-state index in [4.69, 9.17) is 44.9 Å². The van der Waals surface area contributed by atoms with Gasteiger partial charge in [-0.3, -0.25) is 9.69 Å². The van der Waals surface area contributed by atoms with Crippen LogP contribution in [0.25, 0.3) is 6.08 Å². The number of carbonyl (C=O) groups is 1. The Hall–Kier alpha value is -1.73. The summed E-state index contributed by atoms with van der Waals surface area (Å²) in [5, 5.41) is 1.04. The molecular formula is C20H17Cl2NO3S2. The van der Waals surface area contributed by atoms with Gasteiger partial charge in [-0.15, -0.1) is 0 Å². The topological polar surface area (TPSA) is 38.8 Å². The number of thioether (sulfide) groups is 1. The molecule has 2 aromatic rings. The van der Waals surface area contributed by atoms with Crippen LogP contribution in [0, 0.1) is 6.92 Å². The Labute approximate surface area is 183 Å². The van der Waals surface area contributed by atoms with E-state index >= 15 is 0 Å². The number of thiocarbonyl (C=S) groups is 1. The first-order chi connectivity index (χ1) is 13.3. The summed E-state index contributed by atoms with van der Waals surface area (Å²) in [7, 11) is 1.67. The second-order valence-electron chi connectivity index (χ2n) is 6.05. The van der Waals surface area contributed by atoms with Gasteiger partial charge in [-0.2, -0.15) is 0 Å². The Morgan fingerprint density at radius 1 is 1.11 bits per heavy atom. The van der Waals surface area contributed by atoms with Crippen molar-refractivity contribution in [2.75, 3.05) is 20.3 Å². The molecule has 0 spiro atoms. The number of rotatable bonds is 6. The molecule has 1 aliphatic rings. The number of hydrogen-bond donors (Lipinski definition) is 0. The normalized spacial score (nSPS) is 15.4. The van der Waals surface area contributed by atoms with Crippen molar-refractivity contribution in [3.63, 3.8) is 0 Å². The third kappa shape index (κ3) is 5.00. The number of halogens is 2.